The van der Waals surface area contributed by atoms with Crippen molar-refractivity contribution in [3.05, 3.63) is 97.2 Å². The van der Waals surface area contributed by atoms with Crippen molar-refractivity contribution < 1.29 is 42.9 Å². The third-order valence-electron chi connectivity index (χ3n) is 12.1. The molecule has 1 N–H and O–H groups in total. The minimum absolute atomic E-state index is 0.184. The first-order chi connectivity index (χ1) is 35.1. The number of hydrogen-bond acceptors (Lipinski definition) is 7. The number of nitrogens with zero attached hydrogens (tertiary/aromatic N) is 1. The van der Waals surface area contributed by atoms with Crippen LogP contribution in [0.2, 0.25) is 0 Å². The van der Waals surface area contributed by atoms with E-state index in [1.165, 1.54) is 96.3 Å². The minimum Gasteiger partial charge on any atom is -0.477 e. The third kappa shape index (κ3) is 54.0. The van der Waals surface area contributed by atoms with Crippen molar-refractivity contribution >= 4 is 17.9 Å². The first-order valence-corrected chi connectivity index (χ1v) is 28.9. The van der Waals surface area contributed by atoms with Crippen LogP contribution in [0.4, 0.5) is 0 Å². The lowest BCUT2D eigenvalue weighted by atomic mass is 10.0. The van der Waals surface area contributed by atoms with Crippen LogP contribution in [0.15, 0.2) is 97.2 Å². The molecule has 0 saturated heterocycles. The van der Waals surface area contributed by atoms with E-state index in [9.17, 15) is 19.5 Å². The lowest BCUT2D eigenvalue weighted by Gasteiger charge is -2.25. The Kier molecular flexibility index (Phi) is 50.7. The summed E-state index contributed by atoms with van der Waals surface area (Å²) >= 11 is 0. The molecule has 0 aliphatic heterocycles. The molecular weight excluding hydrogens is 899 g/mol. The molecule has 0 aliphatic carbocycles. The Morgan fingerprint density at radius 1 is 0.431 bits per heavy atom. The van der Waals surface area contributed by atoms with Gasteiger partial charge < -0.3 is 28.5 Å². The topological polar surface area (TPSA) is 108 Å². The number of carbonyl (C=O) groups is 3. The van der Waals surface area contributed by atoms with Crippen LogP contribution in [-0.2, 0) is 33.3 Å². The standard InChI is InChI=1S/C63H107NO8/c1-6-8-10-12-14-16-18-20-21-22-23-24-25-26-27-28-29-30-31-32-33-34-35-36-37-38-39-40-41-42-44-46-48-50-52-54-61(66)72-59(58-71-63(62(67)68)69-56-55-64(3,4)5)57-70-60(65)53-51-49-47-45-43-19-17-15-13-11-9-7-2/h8,10,14,16,20-21,23-24,26-27,29-30,32-33,35-36,59,63H,6-7,9,11-13,15,17-19,22,25,28,31,34,37-58H2,1-5H3/p+1/b10-8-,16-14-,21-20-,24-23-,27-26-,30-29-,33-32-,36-35-. The summed E-state index contributed by atoms with van der Waals surface area (Å²) in [6.07, 6.45) is 69.2. The molecule has 0 aromatic heterocycles. The first kappa shape index (κ1) is 68.2. The summed E-state index contributed by atoms with van der Waals surface area (Å²) in [6.45, 7) is 4.75. The van der Waals surface area contributed by atoms with E-state index < -0.39 is 24.3 Å². The fraction of sp³-hybridized carbons (Fsp3) is 0.698. The predicted molar refractivity (Wildman–Crippen MR) is 304 cm³/mol. The number of likely N-dealkylation sites (N-methyl/N-ethyl adjacent to an activating group) is 1. The molecule has 9 nitrogen and oxygen atoms in total. The van der Waals surface area contributed by atoms with Crippen molar-refractivity contribution in [1.82, 2.24) is 0 Å². The number of esters is 2. The number of carbonyl (C=O) groups excluding carboxylic acids is 2. The van der Waals surface area contributed by atoms with Crippen molar-refractivity contribution in [1.29, 1.82) is 0 Å². The molecule has 72 heavy (non-hydrogen) atoms. The Bertz CT molecular complexity index is 1500. The van der Waals surface area contributed by atoms with Crippen molar-refractivity contribution in [2.24, 2.45) is 0 Å². The molecule has 0 amide bonds. The summed E-state index contributed by atoms with van der Waals surface area (Å²) in [7, 11) is 5.96. The van der Waals surface area contributed by atoms with Crippen LogP contribution in [0.1, 0.15) is 226 Å². The number of unbranched alkanes of at least 4 members (excludes halogenated alkanes) is 21. The van der Waals surface area contributed by atoms with Crippen molar-refractivity contribution in [3.63, 3.8) is 0 Å². The Morgan fingerprint density at radius 2 is 0.792 bits per heavy atom. The zero-order chi connectivity index (χ0) is 52.7. The molecule has 2 atom stereocenters. The van der Waals surface area contributed by atoms with Gasteiger partial charge in [-0.2, -0.15) is 0 Å². The molecule has 9 heteroatoms. The number of carboxylic acids is 1. The fourth-order valence-electron chi connectivity index (χ4n) is 7.68. The molecular formula is C63H108NO8+. The maximum absolute atomic E-state index is 12.9. The molecule has 0 radical (unpaired) electrons. The van der Waals surface area contributed by atoms with Gasteiger partial charge in [-0.1, -0.05) is 233 Å². The normalized spacial score (nSPS) is 13.5. The fourth-order valence-corrected chi connectivity index (χ4v) is 7.68. The van der Waals surface area contributed by atoms with Gasteiger partial charge in [-0.05, 0) is 77.0 Å². The van der Waals surface area contributed by atoms with Crippen LogP contribution in [0, 0.1) is 0 Å². The van der Waals surface area contributed by atoms with Crippen LogP contribution in [0.5, 0.6) is 0 Å². The summed E-state index contributed by atoms with van der Waals surface area (Å²) in [6, 6.07) is 0. The summed E-state index contributed by atoms with van der Waals surface area (Å²) in [4.78, 5) is 37.3. The zero-order valence-electron chi connectivity index (χ0n) is 46.8. The number of rotatable bonds is 52. The molecule has 0 rings (SSSR count). The minimum atomic E-state index is -1.51. The van der Waals surface area contributed by atoms with Crippen LogP contribution in [-0.4, -0.2) is 87.4 Å². The Balaban J connectivity index is 4.16. The SMILES string of the molecule is CC/C=C\C/C=C\C/C=C\C/C=C\C/C=C\C/C=C\C/C=C\C/C=C\CCCCCCCCCCCCC(=O)OC(COC(=O)CCCCCCCCCCCCCC)COC(OCC[N+](C)(C)C)C(=O)O. The van der Waals surface area contributed by atoms with Crippen molar-refractivity contribution in [2.45, 2.75) is 238 Å². The van der Waals surface area contributed by atoms with Gasteiger partial charge in [-0.15, -0.1) is 0 Å². The number of carboxylic acid groups (broad SMARTS) is 1. The van der Waals surface area contributed by atoms with Gasteiger partial charge in [0.25, 0.3) is 6.29 Å². The van der Waals surface area contributed by atoms with E-state index in [1.807, 2.05) is 21.1 Å². The summed E-state index contributed by atoms with van der Waals surface area (Å²) in [5, 5.41) is 9.68. The van der Waals surface area contributed by atoms with E-state index in [0.29, 0.717) is 23.9 Å². The number of quaternary nitrogens is 1. The molecule has 0 aliphatic rings. The summed E-state index contributed by atoms with van der Waals surface area (Å²) in [5.41, 5.74) is 0. The quantitative estimate of drug-likeness (QED) is 0.0211. The Labute approximate surface area is 442 Å². The van der Waals surface area contributed by atoms with Gasteiger partial charge in [0.15, 0.2) is 6.10 Å². The van der Waals surface area contributed by atoms with Crippen molar-refractivity contribution in [3.8, 4) is 0 Å². The lowest BCUT2D eigenvalue weighted by molar-refractivity contribution is -0.870. The van der Waals surface area contributed by atoms with Crippen LogP contribution in [0.25, 0.3) is 0 Å². The highest BCUT2D eigenvalue weighted by Crippen LogP contribution is 2.15. The zero-order valence-corrected chi connectivity index (χ0v) is 46.8. The van der Waals surface area contributed by atoms with Crippen LogP contribution >= 0.6 is 0 Å². The average molecular weight is 1010 g/mol. The highest BCUT2D eigenvalue weighted by Gasteiger charge is 2.25. The van der Waals surface area contributed by atoms with Gasteiger partial charge in [-0.3, -0.25) is 9.59 Å². The summed E-state index contributed by atoms with van der Waals surface area (Å²) < 4.78 is 22.8. The number of ether oxygens (including phenoxy) is 4. The molecule has 0 spiro atoms. The van der Waals surface area contributed by atoms with Crippen LogP contribution < -0.4 is 0 Å². The summed E-state index contributed by atoms with van der Waals surface area (Å²) in [5.74, 6) is -2.01. The van der Waals surface area contributed by atoms with E-state index in [4.69, 9.17) is 18.9 Å². The largest absolute Gasteiger partial charge is 0.477 e. The maximum Gasteiger partial charge on any atom is 0.361 e. The first-order valence-electron chi connectivity index (χ1n) is 28.9. The van der Waals surface area contributed by atoms with Gasteiger partial charge in [0.05, 0.1) is 34.4 Å². The molecule has 0 bridgehead atoms. The highest BCUT2D eigenvalue weighted by atomic mass is 16.7. The second kappa shape index (κ2) is 53.5. The Hall–Kier alpha value is -3.79. The van der Waals surface area contributed by atoms with Gasteiger partial charge in [0.2, 0.25) is 0 Å². The van der Waals surface area contributed by atoms with E-state index in [-0.39, 0.29) is 32.2 Å². The van der Waals surface area contributed by atoms with Gasteiger partial charge in [0.1, 0.15) is 13.2 Å². The number of aliphatic carboxylic acids is 1. The van der Waals surface area contributed by atoms with Gasteiger partial charge in [-0.25, -0.2) is 4.79 Å². The molecule has 412 valence electrons. The third-order valence-corrected chi connectivity index (χ3v) is 12.1. The molecule has 0 saturated carbocycles. The Morgan fingerprint density at radius 3 is 1.18 bits per heavy atom. The van der Waals surface area contributed by atoms with Gasteiger partial charge >= 0.3 is 17.9 Å². The molecule has 0 aromatic carbocycles. The molecule has 0 aromatic rings. The van der Waals surface area contributed by atoms with E-state index >= 15 is 0 Å². The average Bonchev–Trinajstić information content (AvgIpc) is 3.35. The number of allylic oxidation sites excluding steroid dienone is 16. The second-order valence-corrected chi connectivity index (χ2v) is 20.2. The van der Waals surface area contributed by atoms with Crippen molar-refractivity contribution in [2.75, 3.05) is 47.5 Å². The predicted octanol–water partition coefficient (Wildman–Crippen LogP) is 17.0. The van der Waals surface area contributed by atoms with Crippen LogP contribution in [0.3, 0.4) is 0 Å². The van der Waals surface area contributed by atoms with Gasteiger partial charge in [0, 0.05) is 12.8 Å². The maximum atomic E-state index is 12.9. The van der Waals surface area contributed by atoms with E-state index in [1.54, 1.807) is 0 Å². The second-order valence-electron chi connectivity index (χ2n) is 20.2. The molecule has 2 unspecified atom stereocenters. The van der Waals surface area contributed by atoms with E-state index in [2.05, 4.69) is 111 Å². The smallest absolute Gasteiger partial charge is 0.361 e. The molecule has 0 heterocycles. The molecule has 0 fully saturated rings. The highest BCUT2D eigenvalue weighted by molar-refractivity contribution is 5.71. The number of hydrogen-bond donors (Lipinski definition) is 1. The monoisotopic (exact) mass is 1010 g/mol. The lowest BCUT2D eigenvalue weighted by Crippen LogP contribution is -2.40. The van der Waals surface area contributed by atoms with E-state index in [0.717, 1.165) is 96.3 Å².